The normalized spacial score (nSPS) is 11.4. The smallest absolute Gasteiger partial charge is 0.187 e. The van der Waals surface area contributed by atoms with Crippen LogP contribution in [0.4, 0.5) is 0 Å². The lowest BCUT2D eigenvalue weighted by Crippen LogP contribution is -2.03. The van der Waals surface area contributed by atoms with E-state index in [2.05, 4.69) is 13.8 Å². The third-order valence-corrected chi connectivity index (χ3v) is 8.85. The average Bonchev–Trinajstić information content (AvgIpc) is 3.00. The molecule has 0 atom stereocenters. The first-order valence-electron chi connectivity index (χ1n) is 13.8. The summed E-state index contributed by atoms with van der Waals surface area (Å²) in [5, 5.41) is 0.248. The number of aryl methyl sites for hydroxylation is 4. The maximum Gasteiger partial charge on any atom is 0.187 e. The van der Waals surface area contributed by atoms with Crippen molar-refractivity contribution in [2.75, 3.05) is 0 Å². The third kappa shape index (κ3) is 7.25. The highest BCUT2D eigenvalue weighted by Crippen LogP contribution is 2.44. The Hall–Kier alpha value is -3.34. The van der Waals surface area contributed by atoms with E-state index in [-0.39, 0.29) is 54.3 Å². The summed E-state index contributed by atoms with van der Waals surface area (Å²) in [5.74, 6) is -0.158. The zero-order valence-corrected chi connectivity index (χ0v) is 27.3. The minimum atomic E-state index is -0.281. The zero-order valence-electron chi connectivity index (χ0n) is 24.2. The van der Waals surface area contributed by atoms with Crippen LogP contribution >= 0.6 is 46.4 Å². The number of halogens is 4. The van der Waals surface area contributed by atoms with E-state index in [1.807, 2.05) is 48.5 Å². The van der Waals surface area contributed by atoms with Crippen molar-refractivity contribution in [2.24, 2.45) is 0 Å². The van der Waals surface area contributed by atoms with E-state index < -0.39 is 0 Å². The van der Waals surface area contributed by atoms with Gasteiger partial charge in [0.2, 0.25) is 0 Å². The Kier molecular flexibility index (Phi) is 10.9. The fourth-order valence-electron chi connectivity index (χ4n) is 4.85. The van der Waals surface area contributed by atoms with Gasteiger partial charge in [-0.05, 0) is 84.4 Å². The summed E-state index contributed by atoms with van der Waals surface area (Å²) in [5.41, 5.74) is 5.90. The molecule has 0 spiro atoms. The molecule has 0 bridgehead atoms. The van der Waals surface area contributed by atoms with Crippen LogP contribution in [-0.2, 0) is 12.8 Å². The Bertz CT molecular complexity index is 1640. The lowest BCUT2D eigenvalue weighted by Gasteiger charge is -2.16. The SMILES string of the molecule is CCc1ccccc1C=CC(=O)c1c(C)cc(Oc2cc(C)c(C(=O)C=Cc3ccccc3CC)c(Cl)c2Cl)c(Cl)c1Cl. The molecule has 0 saturated carbocycles. The van der Waals surface area contributed by atoms with Gasteiger partial charge in [0.25, 0.3) is 0 Å². The zero-order chi connectivity index (χ0) is 31.3. The summed E-state index contributed by atoms with van der Waals surface area (Å²) in [6.07, 6.45) is 8.23. The largest absolute Gasteiger partial charge is 0.454 e. The maximum absolute atomic E-state index is 13.2. The average molecular weight is 652 g/mol. The molecule has 0 aliphatic rings. The lowest BCUT2D eigenvalue weighted by molar-refractivity contribution is 0.103. The minimum Gasteiger partial charge on any atom is -0.454 e. The van der Waals surface area contributed by atoms with Crippen molar-refractivity contribution in [1.29, 1.82) is 0 Å². The summed E-state index contributed by atoms with van der Waals surface area (Å²) in [4.78, 5) is 26.3. The number of carbonyl (C=O) groups excluding carboxylic acids is 2. The van der Waals surface area contributed by atoms with E-state index >= 15 is 0 Å². The number of rotatable bonds is 10. The molecule has 4 aromatic carbocycles. The second-order valence-corrected chi connectivity index (χ2v) is 11.5. The fraction of sp³-hybridized carbons (Fsp3) is 0.167. The standard InChI is InChI=1S/C36H30Cl4O3/c1-5-23-11-7-9-13-25(23)15-17-27(41)31-21(3)19-29(33(37)35(31)39)43-30-20-22(4)32(36(40)34(30)38)28(42)18-16-26-14-10-8-12-24(26)6-2/h7-20H,5-6H2,1-4H3. The Morgan fingerprint density at radius 3 is 1.37 bits per heavy atom. The Morgan fingerprint density at radius 1 is 0.628 bits per heavy atom. The van der Waals surface area contributed by atoms with Crippen LogP contribution in [0.5, 0.6) is 11.5 Å². The van der Waals surface area contributed by atoms with E-state index in [4.69, 9.17) is 51.1 Å². The van der Waals surface area contributed by atoms with Gasteiger partial charge >= 0.3 is 0 Å². The first-order valence-corrected chi connectivity index (χ1v) is 15.3. The molecule has 220 valence electrons. The van der Waals surface area contributed by atoms with Gasteiger partial charge in [0, 0.05) is 11.1 Å². The Labute approximate surface area is 272 Å². The minimum absolute atomic E-state index is 0.0560. The highest BCUT2D eigenvalue weighted by molar-refractivity contribution is 6.46. The molecule has 43 heavy (non-hydrogen) atoms. The number of hydrogen-bond donors (Lipinski definition) is 0. The van der Waals surface area contributed by atoms with Crippen molar-refractivity contribution in [3.8, 4) is 11.5 Å². The highest BCUT2D eigenvalue weighted by Gasteiger charge is 2.23. The summed E-state index contributed by atoms with van der Waals surface area (Å²) >= 11 is 26.4. The number of hydrogen-bond acceptors (Lipinski definition) is 3. The van der Waals surface area contributed by atoms with Gasteiger partial charge in [-0.1, -0.05) is 121 Å². The van der Waals surface area contributed by atoms with Gasteiger partial charge < -0.3 is 4.74 Å². The van der Waals surface area contributed by atoms with Crippen molar-refractivity contribution in [2.45, 2.75) is 40.5 Å². The van der Waals surface area contributed by atoms with Crippen molar-refractivity contribution >= 4 is 70.1 Å². The van der Waals surface area contributed by atoms with E-state index in [1.165, 1.54) is 12.2 Å². The quantitative estimate of drug-likeness (QED) is 0.127. The molecule has 0 fully saturated rings. The fourth-order valence-corrected chi connectivity index (χ4v) is 5.90. The molecule has 0 amide bonds. The van der Waals surface area contributed by atoms with Crippen molar-refractivity contribution in [3.05, 3.63) is 137 Å². The molecule has 0 aliphatic heterocycles. The van der Waals surface area contributed by atoms with E-state index in [0.29, 0.717) is 11.1 Å². The van der Waals surface area contributed by atoms with Crippen LogP contribution in [-0.4, -0.2) is 11.6 Å². The number of ether oxygens (including phenoxy) is 1. The van der Waals surface area contributed by atoms with Gasteiger partial charge in [0.1, 0.15) is 21.5 Å². The maximum atomic E-state index is 13.2. The highest BCUT2D eigenvalue weighted by atomic mass is 35.5. The topological polar surface area (TPSA) is 43.4 Å². The van der Waals surface area contributed by atoms with Gasteiger partial charge in [-0.3, -0.25) is 9.59 Å². The molecule has 0 aliphatic carbocycles. The van der Waals surface area contributed by atoms with Gasteiger partial charge in [-0.2, -0.15) is 0 Å². The molecular weight excluding hydrogens is 622 g/mol. The second-order valence-electron chi connectivity index (χ2n) is 9.99. The van der Waals surface area contributed by atoms with Gasteiger partial charge in [-0.15, -0.1) is 0 Å². The summed E-state index contributed by atoms with van der Waals surface area (Å²) < 4.78 is 6.06. The predicted octanol–water partition coefficient (Wildman–Crippen LogP) is 11.6. The van der Waals surface area contributed by atoms with Crippen LogP contribution in [0.25, 0.3) is 12.2 Å². The van der Waals surface area contributed by atoms with Crippen LogP contribution < -0.4 is 4.74 Å². The van der Waals surface area contributed by atoms with Gasteiger partial charge in [0.15, 0.2) is 11.6 Å². The van der Waals surface area contributed by atoms with Crippen LogP contribution in [0.15, 0.2) is 72.8 Å². The number of ketones is 2. The molecule has 7 heteroatoms. The Balaban J connectivity index is 1.61. The van der Waals surface area contributed by atoms with E-state index in [1.54, 1.807) is 38.1 Å². The van der Waals surface area contributed by atoms with Crippen molar-refractivity contribution in [1.82, 2.24) is 0 Å². The molecule has 3 nitrogen and oxygen atoms in total. The monoisotopic (exact) mass is 650 g/mol. The van der Waals surface area contributed by atoms with Crippen LogP contribution in [0.3, 0.4) is 0 Å². The summed E-state index contributed by atoms with van der Waals surface area (Å²) in [7, 11) is 0. The van der Waals surface area contributed by atoms with E-state index in [0.717, 1.165) is 35.1 Å². The number of allylic oxidation sites excluding steroid dienone is 2. The summed E-state index contributed by atoms with van der Waals surface area (Å²) in [6, 6.07) is 19.0. The number of carbonyl (C=O) groups is 2. The third-order valence-electron chi connectivity index (χ3n) is 7.15. The van der Waals surface area contributed by atoms with E-state index in [9.17, 15) is 9.59 Å². The molecule has 0 saturated heterocycles. The van der Waals surface area contributed by atoms with Crippen LogP contribution in [0.1, 0.15) is 67.9 Å². The second kappa shape index (κ2) is 14.4. The van der Waals surface area contributed by atoms with Crippen molar-refractivity contribution < 1.29 is 14.3 Å². The first kappa shape index (κ1) is 32.6. The lowest BCUT2D eigenvalue weighted by atomic mass is 10.0. The van der Waals surface area contributed by atoms with Crippen molar-refractivity contribution in [3.63, 3.8) is 0 Å². The molecule has 4 rings (SSSR count). The Morgan fingerprint density at radius 2 is 1.00 bits per heavy atom. The molecule has 4 aromatic rings. The molecular formula is C36H30Cl4O3. The van der Waals surface area contributed by atoms with Gasteiger partial charge in [0.05, 0.1) is 10.0 Å². The molecule has 0 N–H and O–H groups in total. The van der Waals surface area contributed by atoms with Crippen LogP contribution in [0, 0.1) is 13.8 Å². The molecule has 0 radical (unpaired) electrons. The summed E-state index contributed by atoms with van der Waals surface area (Å²) in [6.45, 7) is 7.62. The number of benzene rings is 4. The first-order chi connectivity index (χ1) is 20.6. The molecule has 0 aromatic heterocycles. The predicted molar refractivity (Wildman–Crippen MR) is 181 cm³/mol. The van der Waals surface area contributed by atoms with Crippen LogP contribution in [0.2, 0.25) is 20.1 Å². The molecule has 0 heterocycles. The van der Waals surface area contributed by atoms with Gasteiger partial charge in [-0.25, -0.2) is 0 Å². The molecule has 0 unspecified atom stereocenters.